The van der Waals surface area contributed by atoms with Crippen LogP contribution in [0.15, 0.2) is 67.4 Å². The Morgan fingerprint density at radius 2 is 1.21 bits per heavy atom. The van der Waals surface area contributed by atoms with E-state index in [0.717, 1.165) is 11.0 Å². The summed E-state index contributed by atoms with van der Waals surface area (Å²) in [7, 11) is 2.27. The number of rotatable bonds is 12. The van der Waals surface area contributed by atoms with Gasteiger partial charge in [-0.3, -0.25) is 24.5 Å². The van der Waals surface area contributed by atoms with E-state index in [1.54, 1.807) is 52.4 Å². The van der Waals surface area contributed by atoms with Gasteiger partial charge in [-0.1, -0.05) is 17.7 Å². The van der Waals surface area contributed by atoms with Crippen molar-refractivity contribution >= 4 is 36.1 Å². The van der Waals surface area contributed by atoms with Crippen LogP contribution in [-0.2, 0) is 41.6 Å². The van der Waals surface area contributed by atoms with Gasteiger partial charge in [0.05, 0.1) is 91.3 Å². The van der Waals surface area contributed by atoms with Crippen molar-refractivity contribution in [3.63, 3.8) is 0 Å². The molecule has 302 valence electrons. The molecule has 5 rings (SSSR count). The van der Waals surface area contributed by atoms with Crippen LogP contribution >= 0.6 is 11.6 Å². The number of hydrogen-bond donors (Lipinski definition) is 2. The predicted octanol–water partition coefficient (Wildman–Crippen LogP) is 4.80. The van der Waals surface area contributed by atoms with Crippen LogP contribution in [0.1, 0.15) is 66.8 Å². The van der Waals surface area contributed by atoms with E-state index in [0.29, 0.717) is 33.9 Å². The van der Waals surface area contributed by atoms with Gasteiger partial charge in [0.15, 0.2) is 0 Å². The molecule has 17 heteroatoms. The summed E-state index contributed by atoms with van der Waals surface area (Å²) in [6.07, 6.45) is 7.65. The molecule has 1 fully saturated rings. The number of aliphatic hydroxyl groups is 2. The Hall–Kier alpha value is -4.74. The summed E-state index contributed by atoms with van der Waals surface area (Å²) in [4.78, 5) is 43.3. The number of carbonyl (C=O) groups is 2. The fourth-order valence-corrected chi connectivity index (χ4v) is 4.61. The molecule has 2 N–H and O–H groups in total. The highest BCUT2D eigenvalue weighted by atomic mass is 35.5. The molecule has 4 aromatic rings. The number of halogens is 1. The first-order valence-electron chi connectivity index (χ1n) is 17.6. The van der Waals surface area contributed by atoms with Gasteiger partial charge in [0, 0.05) is 17.2 Å². The van der Waals surface area contributed by atoms with Gasteiger partial charge in [-0.2, -0.15) is 0 Å². The molecule has 0 amide bonds. The van der Waals surface area contributed by atoms with Gasteiger partial charge in [0.1, 0.15) is 24.1 Å². The molecule has 1 aromatic carbocycles. The molecule has 0 radical (unpaired) electrons. The maximum atomic E-state index is 11.6. The van der Waals surface area contributed by atoms with E-state index in [1.807, 2.05) is 58.0 Å². The standard InChI is InChI=1S/C17H26BNO5.C17H20N2O4.C5H5ClN2O/c1-15(2,14(20)21-7)11-22-13-9-8-12(10-19-13)18-23-16(3,4)17(5,6)24-18;1-17(2,16(21)22-3)11-23-14-6-4-12(5-7-14)15-9-18-13(10-20)8-19-15;6-5-2-7-4(3-9)1-8-5/h8-10H,11H2,1-7H3;4-9,20H,10-11H2,1-3H3;1-2,9H,3H2. The summed E-state index contributed by atoms with van der Waals surface area (Å²) in [5.41, 5.74) is 1.26. The van der Waals surface area contributed by atoms with E-state index in [-0.39, 0.29) is 38.4 Å². The van der Waals surface area contributed by atoms with Gasteiger partial charge >= 0.3 is 19.1 Å². The Bertz CT molecular complexity index is 1830. The summed E-state index contributed by atoms with van der Waals surface area (Å²) in [6.45, 7) is 15.3. The van der Waals surface area contributed by atoms with Gasteiger partial charge < -0.3 is 38.5 Å². The topological polar surface area (TPSA) is 194 Å². The largest absolute Gasteiger partial charge is 0.496 e. The Labute approximate surface area is 333 Å². The quantitative estimate of drug-likeness (QED) is 0.147. The molecule has 0 atom stereocenters. The average Bonchev–Trinajstić information content (AvgIpc) is 3.42. The molecule has 0 bridgehead atoms. The third kappa shape index (κ3) is 12.9. The smallest absolute Gasteiger partial charge is 0.492 e. The third-order valence-electron chi connectivity index (χ3n) is 8.79. The van der Waals surface area contributed by atoms with E-state index in [4.69, 9.17) is 50.1 Å². The van der Waals surface area contributed by atoms with Crippen molar-refractivity contribution in [1.82, 2.24) is 24.9 Å². The summed E-state index contributed by atoms with van der Waals surface area (Å²) in [6, 6.07) is 10.9. The molecule has 3 aromatic heterocycles. The Balaban J connectivity index is 0.000000247. The van der Waals surface area contributed by atoms with Gasteiger partial charge in [-0.25, -0.2) is 9.97 Å². The predicted molar refractivity (Wildman–Crippen MR) is 209 cm³/mol. The number of ether oxygens (including phenoxy) is 4. The molecule has 0 saturated carbocycles. The minimum absolute atomic E-state index is 0.0931. The minimum atomic E-state index is -0.735. The fraction of sp³-hybridized carbons (Fsp3) is 0.462. The molecule has 15 nitrogen and oxygen atoms in total. The van der Waals surface area contributed by atoms with Crippen LogP contribution in [-0.4, -0.2) is 92.8 Å². The lowest BCUT2D eigenvalue weighted by atomic mass is 9.80. The Morgan fingerprint density at radius 3 is 1.64 bits per heavy atom. The van der Waals surface area contributed by atoms with Crippen LogP contribution < -0.4 is 14.9 Å². The minimum Gasteiger partial charge on any atom is -0.492 e. The number of pyridine rings is 1. The fourth-order valence-electron chi connectivity index (χ4n) is 4.51. The van der Waals surface area contributed by atoms with Crippen LogP contribution in [0.25, 0.3) is 11.3 Å². The second-order valence-corrected chi connectivity index (χ2v) is 15.3. The van der Waals surface area contributed by atoms with Gasteiger partial charge in [0.2, 0.25) is 5.88 Å². The second-order valence-electron chi connectivity index (χ2n) is 14.9. The molecule has 0 unspecified atom stereocenters. The third-order valence-corrected chi connectivity index (χ3v) is 8.99. The molecular weight excluding hydrogens is 745 g/mol. The van der Waals surface area contributed by atoms with Crippen molar-refractivity contribution in [1.29, 1.82) is 0 Å². The Kier molecular flexibility index (Phi) is 16.2. The molecule has 1 saturated heterocycles. The summed E-state index contributed by atoms with van der Waals surface area (Å²) >= 11 is 5.41. The van der Waals surface area contributed by atoms with Crippen LogP contribution in [0.3, 0.4) is 0 Å². The molecular formula is C39H51BClN5O10. The first kappa shape index (κ1) is 45.7. The van der Waals surface area contributed by atoms with E-state index < -0.39 is 29.2 Å². The van der Waals surface area contributed by atoms with Crippen LogP contribution in [0.4, 0.5) is 0 Å². The monoisotopic (exact) mass is 795 g/mol. The van der Waals surface area contributed by atoms with Crippen molar-refractivity contribution in [2.75, 3.05) is 27.4 Å². The lowest BCUT2D eigenvalue weighted by molar-refractivity contribution is -0.153. The van der Waals surface area contributed by atoms with Gasteiger partial charge in [0.25, 0.3) is 0 Å². The first-order chi connectivity index (χ1) is 26.3. The van der Waals surface area contributed by atoms with Crippen LogP contribution in [0.5, 0.6) is 11.6 Å². The SMILES string of the molecule is COC(=O)C(C)(C)COc1ccc(-c2cnc(CO)cn2)cc1.COC(=O)C(C)(C)COc1ccc(B2OC(C)(C)C(C)(C)O2)cn1.OCc1cnc(Cl)cn1. The highest BCUT2D eigenvalue weighted by Crippen LogP contribution is 2.36. The average molecular weight is 796 g/mol. The molecule has 1 aliphatic rings. The Morgan fingerprint density at radius 1 is 0.696 bits per heavy atom. The maximum absolute atomic E-state index is 11.6. The van der Waals surface area contributed by atoms with Crippen molar-refractivity contribution in [2.24, 2.45) is 10.8 Å². The lowest BCUT2D eigenvalue weighted by Crippen LogP contribution is -2.41. The van der Waals surface area contributed by atoms with E-state index in [2.05, 4.69) is 24.9 Å². The number of hydrogen-bond acceptors (Lipinski definition) is 15. The number of benzene rings is 1. The first-order valence-corrected chi connectivity index (χ1v) is 18.0. The number of aromatic nitrogens is 5. The van der Waals surface area contributed by atoms with Crippen LogP contribution in [0, 0.1) is 10.8 Å². The van der Waals surface area contributed by atoms with E-state index in [9.17, 15) is 9.59 Å². The van der Waals surface area contributed by atoms with Crippen molar-refractivity contribution in [2.45, 2.75) is 79.8 Å². The highest BCUT2D eigenvalue weighted by Gasteiger charge is 2.51. The summed E-state index contributed by atoms with van der Waals surface area (Å²) in [5.74, 6) is 0.461. The van der Waals surface area contributed by atoms with Gasteiger partial charge in [-0.05, 0) is 85.7 Å². The lowest BCUT2D eigenvalue weighted by Gasteiger charge is -2.32. The molecule has 4 heterocycles. The number of methoxy groups -OCH3 is 2. The zero-order chi connectivity index (χ0) is 41.7. The van der Waals surface area contributed by atoms with Crippen LogP contribution in [0.2, 0.25) is 5.15 Å². The number of nitrogens with zero attached hydrogens (tertiary/aromatic N) is 5. The van der Waals surface area contributed by atoms with Crippen molar-refractivity contribution in [3.8, 4) is 22.9 Å². The number of carbonyl (C=O) groups excluding carboxylic acids is 2. The zero-order valence-electron chi connectivity index (χ0n) is 33.5. The van der Waals surface area contributed by atoms with Gasteiger partial charge in [-0.15, -0.1) is 0 Å². The zero-order valence-corrected chi connectivity index (χ0v) is 34.3. The second kappa shape index (κ2) is 19.9. The normalized spacial score (nSPS) is 14.3. The molecule has 0 spiro atoms. The number of esters is 2. The summed E-state index contributed by atoms with van der Waals surface area (Å²) < 4.78 is 32.7. The molecule has 56 heavy (non-hydrogen) atoms. The molecule has 0 aliphatic carbocycles. The van der Waals surface area contributed by atoms with Crippen molar-refractivity contribution < 1.29 is 48.1 Å². The van der Waals surface area contributed by atoms with Crippen molar-refractivity contribution in [3.05, 3.63) is 83.9 Å². The summed E-state index contributed by atoms with van der Waals surface area (Å²) in [5, 5.41) is 17.8. The molecule has 1 aliphatic heterocycles. The van der Waals surface area contributed by atoms with E-state index >= 15 is 0 Å². The maximum Gasteiger partial charge on any atom is 0.496 e. The van der Waals surface area contributed by atoms with E-state index in [1.165, 1.54) is 26.6 Å². The highest BCUT2D eigenvalue weighted by molar-refractivity contribution is 6.62. The number of aliphatic hydroxyl groups excluding tert-OH is 2.